The molecule has 0 N–H and O–H groups in total. The second-order valence-electron chi connectivity index (χ2n) is 6.24. The first kappa shape index (κ1) is 17.7. The van der Waals surface area contributed by atoms with E-state index in [1.807, 2.05) is 50.2 Å². The van der Waals surface area contributed by atoms with Gasteiger partial charge in [0.05, 0.1) is 18.0 Å². The van der Waals surface area contributed by atoms with Gasteiger partial charge in [-0.15, -0.1) is 11.3 Å². The van der Waals surface area contributed by atoms with Crippen LogP contribution in [-0.2, 0) is 4.74 Å². The van der Waals surface area contributed by atoms with Crippen LogP contribution in [0.25, 0.3) is 0 Å². The van der Waals surface area contributed by atoms with Crippen LogP contribution in [-0.4, -0.2) is 30.9 Å². The average Bonchev–Trinajstić information content (AvgIpc) is 3.23. The van der Waals surface area contributed by atoms with Crippen LogP contribution < -0.4 is 4.74 Å². The van der Waals surface area contributed by atoms with Crippen molar-refractivity contribution >= 4 is 23.0 Å². The van der Waals surface area contributed by atoms with Gasteiger partial charge < -0.3 is 9.47 Å². The summed E-state index contributed by atoms with van der Waals surface area (Å²) in [7, 11) is 0. The second-order valence-corrected chi connectivity index (χ2v) is 7.53. The van der Waals surface area contributed by atoms with E-state index < -0.39 is 0 Å². The third kappa shape index (κ3) is 4.92. The minimum atomic E-state index is 0.159. The molecule has 0 amide bonds. The van der Waals surface area contributed by atoms with Gasteiger partial charge in [-0.25, -0.2) is 4.99 Å². The molecule has 1 aliphatic rings. The third-order valence-electron chi connectivity index (χ3n) is 3.99. The number of aryl methyl sites for hydroxylation is 1. The summed E-state index contributed by atoms with van der Waals surface area (Å²) in [5, 5.41) is 0. The largest absolute Gasteiger partial charge is 0.494 e. The molecule has 0 unspecified atom stereocenters. The molecule has 0 fully saturated rings. The molecule has 0 bridgehead atoms. The molecule has 4 nitrogen and oxygen atoms in total. The van der Waals surface area contributed by atoms with E-state index >= 15 is 0 Å². The Morgan fingerprint density at radius 2 is 2.04 bits per heavy atom. The number of aliphatic imine (C=N–C) groups is 1. The van der Waals surface area contributed by atoms with Crippen LogP contribution in [0, 0.1) is 6.92 Å². The van der Waals surface area contributed by atoms with E-state index in [0.717, 1.165) is 35.6 Å². The van der Waals surface area contributed by atoms with Crippen LogP contribution in [0.2, 0.25) is 0 Å². The molecule has 1 aliphatic heterocycles. The van der Waals surface area contributed by atoms with Crippen LogP contribution in [0.1, 0.15) is 46.3 Å². The van der Waals surface area contributed by atoms with Crippen molar-refractivity contribution in [3.63, 3.8) is 0 Å². The van der Waals surface area contributed by atoms with Crippen molar-refractivity contribution in [3.05, 3.63) is 51.7 Å². The van der Waals surface area contributed by atoms with Crippen LogP contribution in [0.5, 0.6) is 5.75 Å². The molecule has 0 spiro atoms. The van der Waals surface area contributed by atoms with Gasteiger partial charge in [-0.3, -0.25) is 4.79 Å². The van der Waals surface area contributed by atoms with Gasteiger partial charge in [-0.1, -0.05) is 0 Å². The Morgan fingerprint density at radius 3 is 2.68 bits per heavy atom. The van der Waals surface area contributed by atoms with Gasteiger partial charge in [0.25, 0.3) is 0 Å². The highest BCUT2D eigenvalue weighted by Gasteiger charge is 2.16. The maximum absolute atomic E-state index is 12.0. The van der Waals surface area contributed by atoms with Crippen LogP contribution in [0.3, 0.4) is 0 Å². The van der Waals surface area contributed by atoms with Crippen molar-refractivity contribution in [2.45, 2.75) is 39.2 Å². The Hall–Kier alpha value is -2.14. The van der Waals surface area contributed by atoms with Crippen molar-refractivity contribution in [1.82, 2.24) is 0 Å². The quantitative estimate of drug-likeness (QED) is 0.510. The lowest BCUT2D eigenvalue weighted by Crippen LogP contribution is -2.08. The molecule has 25 heavy (non-hydrogen) atoms. The molecule has 3 rings (SSSR count). The van der Waals surface area contributed by atoms with E-state index in [0.29, 0.717) is 18.9 Å². The molecule has 132 valence electrons. The minimum absolute atomic E-state index is 0.159. The molecule has 1 aromatic heterocycles. The monoisotopic (exact) mass is 357 g/mol. The summed E-state index contributed by atoms with van der Waals surface area (Å²) in [5.41, 5.74) is 0.980. The van der Waals surface area contributed by atoms with Crippen molar-refractivity contribution in [2.24, 2.45) is 4.99 Å². The second kappa shape index (κ2) is 8.30. The van der Waals surface area contributed by atoms with Crippen LogP contribution >= 0.6 is 11.3 Å². The number of benzene rings is 1. The van der Waals surface area contributed by atoms with Gasteiger partial charge >= 0.3 is 0 Å². The lowest BCUT2D eigenvalue weighted by Gasteiger charge is -2.08. The molecule has 1 atom stereocenters. The molecule has 0 saturated heterocycles. The SMILES string of the molecule is Cc1ccc(C(=O)CCCCOc2ccc(C3=NC[C@H](C)O3)cc2)s1. The van der Waals surface area contributed by atoms with E-state index in [-0.39, 0.29) is 11.9 Å². The van der Waals surface area contributed by atoms with Crippen molar-refractivity contribution < 1.29 is 14.3 Å². The summed E-state index contributed by atoms with van der Waals surface area (Å²) >= 11 is 1.57. The molecule has 0 saturated carbocycles. The summed E-state index contributed by atoms with van der Waals surface area (Å²) in [5.74, 6) is 1.77. The van der Waals surface area contributed by atoms with E-state index in [1.165, 1.54) is 4.88 Å². The van der Waals surface area contributed by atoms with Gasteiger partial charge in [-0.2, -0.15) is 0 Å². The highest BCUT2D eigenvalue weighted by Crippen LogP contribution is 2.19. The molecular weight excluding hydrogens is 334 g/mol. The number of nitrogens with zero attached hydrogens (tertiary/aromatic N) is 1. The third-order valence-corrected chi connectivity index (χ3v) is 5.03. The zero-order valence-electron chi connectivity index (χ0n) is 14.7. The molecule has 5 heteroatoms. The summed E-state index contributed by atoms with van der Waals surface area (Å²) < 4.78 is 11.4. The zero-order valence-corrected chi connectivity index (χ0v) is 15.5. The molecule has 0 radical (unpaired) electrons. The van der Waals surface area contributed by atoms with E-state index in [2.05, 4.69) is 4.99 Å². The topological polar surface area (TPSA) is 47.9 Å². The fraction of sp³-hybridized carbons (Fsp3) is 0.400. The average molecular weight is 357 g/mol. The lowest BCUT2D eigenvalue weighted by atomic mass is 10.1. The first-order valence-corrected chi connectivity index (χ1v) is 9.47. The van der Waals surface area contributed by atoms with Crippen molar-refractivity contribution in [3.8, 4) is 5.75 Å². The van der Waals surface area contributed by atoms with Crippen molar-refractivity contribution in [1.29, 1.82) is 0 Å². The van der Waals surface area contributed by atoms with Crippen molar-refractivity contribution in [2.75, 3.05) is 13.2 Å². The molecule has 2 heterocycles. The number of unbranched alkanes of at least 4 members (excludes halogenated alkanes) is 1. The number of hydrogen-bond donors (Lipinski definition) is 0. The normalized spacial score (nSPS) is 16.4. The van der Waals surface area contributed by atoms with E-state index in [4.69, 9.17) is 9.47 Å². The number of ketones is 1. The van der Waals surface area contributed by atoms with Gasteiger partial charge in [-0.05, 0) is 63.1 Å². The number of ether oxygens (including phenoxy) is 2. The predicted octanol–water partition coefficient (Wildman–Crippen LogP) is 4.65. The molecule has 0 aliphatic carbocycles. The molecular formula is C20H23NO3S. The maximum Gasteiger partial charge on any atom is 0.216 e. The Bertz CT molecular complexity index is 749. The minimum Gasteiger partial charge on any atom is -0.494 e. The van der Waals surface area contributed by atoms with E-state index in [9.17, 15) is 4.79 Å². The Balaban J connectivity index is 1.37. The Kier molecular flexibility index (Phi) is 5.87. The standard InChI is InChI=1S/C20H23NO3S/c1-14-13-21-20(24-14)16-7-9-17(10-8-16)23-12-4-3-5-18(22)19-11-6-15(2)25-19/h6-11,14H,3-5,12-13H2,1-2H3/t14-/m0/s1. The molecule has 1 aromatic carbocycles. The van der Waals surface area contributed by atoms with Gasteiger partial charge in [0.15, 0.2) is 5.78 Å². The zero-order chi connectivity index (χ0) is 17.6. The first-order valence-electron chi connectivity index (χ1n) is 8.66. The molecule has 2 aromatic rings. The lowest BCUT2D eigenvalue weighted by molar-refractivity contribution is 0.0981. The van der Waals surface area contributed by atoms with Gasteiger partial charge in [0.1, 0.15) is 11.9 Å². The van der Waals surface area contributed by atoms with Gasteiger partial charge in [0, 0.05) is 16.9 Å². The predicted molar refractivity (Wildman–Crippen MR) is 101 cm³/mol. The Morgan fingerprint density at radius 1 is 1.24 bits per heavy atom. The summed E-state index contributed by atoms with van der Waals surface area (Å²) in [6, 6.07) is 11.7. The highest BCUT2D eigenvalue weighted by molar-refractivity contribution is 7.14. The van der Waals surface area contributed by atoms with Crippen LogP contribution in [0.15, 0.2) is 41.4 Å². The number of carbonyl (C=O) groups is 1. The highest BCUT2D eigenvalue weighted by atomic mass is 32.1. The van der Waals surface area contributed by atoms with E-state index in [1.54, 1.807) is 11.3 Å². The van der Waals surface area contributed by atoms with Gasteiger partial charge in [0.2, 0.25) is 5.90 Å². The Labute approximate surface area is 152 Å². The fourth-order valence-corrected chi connectivity index (χ4v) is 3.45. The maximum atomic E-state index is 12.0. The number of Topliss-reactive ketones (excluding diaryl/α,β-unsaturated/α-hetero) is 1. The summed E-state index contributed by atoms with van der Waals surface area (Å²) in [6.07, 6.45) is 2.45. The smallest absolute Gasteiger partial charge is 0.216 e. The number of hydrogen-bond acceptors (Lipinski definition) is 5. The fourth-order valence-electron chi connectivity index (χ4n) is 2.61. The first-order chi connectivity index (χ1) is 12.1. The summed E-state index contributed by atoms with van der Waals surface area (Å²) in [6.45, 7) is 5.37. The summed E-state index contributed by atoms with van der Waals surface area (Å²) in [4.78, 5) is 18.4. The number of rotatable bonds is 8. The van der Waals surface area contributed by atoms with Crippen LogP contribution in [0.4, 0.5) is 0 Å². The number of thiophene rings is 1. The number of carbonyl (C=O) groups excluding carboxylic acids is 1.